The van der Waals surface area contributed by atoms with Crippen molar-refractivity contribution in [3.8, 4) is 0 Å². The quantitative estimate of drug-likeness (QED) is 0.818. The highest BCUT2D eigenvalue weighted by Gasteiger charge is 2.15. The van der Waals surface area contributed by atoms with Crippen LogP contribution in [0.15, 0.2) is 47.1 Å². The van der Waals surface area contributed by atoms with Gasteiger partial charge in [0, 0.05) is 5.69 Å². The van der Waals surface area contributed by atoms with Gasteiger partial charge in [-0.2, -0.15) is 0 Å². The van der Waals surface area contributed by atoms with Crippen molar-refractivity contribution >= 4 is 29.3 Å². The van der Waals surface area contributed by atoms with E-state index in [0.29, 0.717) is 12.3 Å². The fourth-order valence-corrected chi connectivity index (χ4v) is 2.55. The van der Waals surface area contributed by atoms with Gasteiger partial charge in [0.2, 0.25) is 11.8 Å². The van der Waals surface area contributed by atoms with Crippen molar-refractivity contribution in [2.75, 3.05) is 11.1 Å². The summed E-state index contributed by atoms with van der Waals surface area (Å²) in [6.45, 7) is 4.12. The van der Waals surface area contributed by atoms with Gasteiger partial charge < -0.3 is 15.1 Å². The number of furan rings is 1. The number of carbonyl (C=O) groups excluding carboxylic acids is 2. The van der Waals surface area contributed by atoms with Crippen LogP contribution in [0.4, 0.5) is 5.69 Å². The zero-order valence-electron chi connectivity index (χ0n) is 13.2. The van der Waals surface area contributed by atoms with Gasteiger partial charge in [-0.3, -0.25) is 9.59 Å². The van der Waals surface area contributed by atoms with Gasteiger partial charge >= 0.3 is 0 Å². The van der Waals surface area contributed by atoms with Crippen molar-refractivity contribution in [1.29, 1.82) is 0 Å². The number of hydrogen-bond donors (Lipinski definition) is 2. The molecule has 2 amide bonds. The minimum atomic E-state index is -0.311. The maximum Gasteiger partial charge on any atom is 0.234 e. The predicted octanol–water partition coefficient (Wildman–Crippen LogP) is 2.96. The molecule has 1 aromatic heterocycles. The molecule has 0 aliphatic rings. The Kier molecular flexibility index (Phi) is 6.29. The van der Waals surface area contributed by atoms with E-state index in [9.17, 15) is 9.59 Å². The summed E-state index contributed by atoms with van der Waals surface area (Å²) in [5.74, 6) is 0.690. The molecule has 23 heavy (non-hydrogen) atoms. The first-order valence-electron chi connectivity index (χ1n) is 7.33. The van der Waals surface area contributed by atoms with Crippen molar-refractivity contribution in [1.82, 2.24) is 5.32 Å². The van der Waals surface area contributed by atoms with Gasteiger partial charge in [0.25, 0.3) is 0 Å². The molecule has 0 radical (unpaired) electrons. The lowest BCUT2D eigenvalue weighted by atomic mass is 10.2. The average molecular weight is 332 g/mol. The summed E-state index contributed by atoms with van der Waals surface area (Å²) in [7, 11) is 0. The molecule has 1 atom stereocenters. The second-order valence-electron chi connectivity index (χ2n) is 5.16. The molecule has 2 N–H and O–H groups in total. The molecule has 0 aliphatic carbocycles. The third-order valence-electron chi connectivity index (χ3n) is 3.19. The van der Waals surface area contributed by atoms with Crippen LogP contribution in [0.25, 0.3) is 0 Å². The maximum atomic E-state index is 11.9. The van der Waals surface area contributed by atoms with Crippen LogP contribution < -0.4 is 10.6 Å². The molecule has 2 aromatic rings. The second kappa shape index (κ2) is 8.43. The number of amides is 2. The third-order valence-corrected chi connectivity index (χ3v) is 4.33. The van der Waals surface area contributed by atoms with Crippen molar-refractivity contribution < 1.29 is 14.0 Å². The van der Waals surface area contributed by atoms with E-state index < -0.39 is 0 Å². The lowest BCUT2D eigenvalue weighted by molar-refractivity contribution is -0.120. The number of benzene rings is 1. The Balaban J connectivity index is 1.70. The molecule has 0 saturated heterocycles. The summed E-state index contributed by atoms with van der Waals surface area (Å²) < 4.78 is 5.15. The highest BCUT2D eigenvalue weighted by Crippen LogP contribution is 2.13. The molecule has 1 aromatic carbocycles. The van der Waals surface area contributed by atoms with Crippen LogP contribution in [-0.2, 0) is 16.1 Å². The van der Waals surface area contributed by atoms with E-state index in [1.165, 1.54) is 11.8 Å². The number of anilines is 1. The maximum absolute atomic E-state index is 11.9. The minimum absolute atomic E-state index is 0.116. The van der Waals surface area contributed by atoms with Crippen LogP contribution >= 0.6 is 11.8 Å². The van der Waals surface area contributed by atoms with Crippen molar-refractivity contribution in [3.63, 3.8) is 0 Å². The molecule has 6 heteroatoms. The molecule has 0 fully saturated rings. The molecular formula is C17H20N2O3S. The van der Waals surface area contributed by atoms with Gasteiger partial charge in [0.15, 0.2) is 0 Å². The smallest absolute Gasteiger partial charge is 0.234 e. The van der Waals surface area contributed by atoms with Crippen LogP contribution in [0.5, 0.6) is 0 Å². The van der Waals surface area contributed by atoms with E-state index in [4.69, 9.17) is 4.42 Å². The summed E-state index contributed by atoms with van der Waals surface area (Å²) >= 11 is 1.30. The SMILES string of the molecule is Cc1ccc(NC(=O)CSC(C)C(=O)NCc2ccco2)cc1. The monoisotopic (exact) mass is 332 g/mol. The lowest BCUT2D eigenvalue weighted by Gasteiger charge is -2.11. The summed E-state index contributed by atoms with van der Waals surface area (Å²) in [6.07, 6.45) is 1.56. The number of hydrogen-bond acceptors (Lipinski definition) is 4. The fourth-order valence-electron chi connectivity index (χ4n) is 1.84. The van der Waals surface area contributed by atoms with Gasteiger partial charge in [0.1, 0.15) is 5.76 Å². The van der Waals surface area contributed by atoms with Crippen LogP contribution in [0.3, 0.4) is 0 Å². The van der Waals surface area contributed by atoms with E-state index >= 15 is 0 Å². The zero-order valence-corrected chi connectivity index (χ0v) is 14.0. The normalized spacial score (nSPS) is 11.7. The van der Waals surface area contributed by atoms with Gasteiger partial charge in [-0.05, 0) is 38.1 Å². The molecule has 0 bridgehead atoms. The number of carbonyl (C=O) groups is 2. The van der Waals surface area contributed by atoms with Crippen LogP contribution in [-0.4, -0.2) is 22.8 Å². The molecule has 1 unspecified atom stereocenters. The van der Waals surface area contributed by atoms with E-state index in [1.54, 1.807) is 25.3 Å². The molecule has 0 saturated carbocycles. The van der Waals surface area contributed by atoms with Crippen LogP contribution in [0.2, 0.25) is 0 Å². The van der Waals surface area contributed by atoms with E-state index in [1.807, 2.05) is 31.2 Å². The molecular weight excluding hydrogens is 312 g/mol. The molecule has 1 heterocycles. The van der Waals surface area contributed by atoms with E-state index in [2.05, 4.69) is 10.6 Å². The topological polar surface area (TPSA) is 71.3 Å². The van der Waals surface area contributed by atoms with Crippen LogP contribution in [0, 0.1) is 6.92 Å². The zero-order chi connectivity index (χ0) is 16.7. The van der Waals surface area contributed by atoms with E-state index in [0.717, 1.165) is 11.3 Å². The summed E-state index contributed by atoms with van der Waals surface area (Å²) in [5.41, 5.74) is 1.90. The Bertz CT molecular complexity index is 638. The number of rotatable bonds is 7. The predicted molar refractivity (Wildman–Crippen MR) is 92.3 cm³/mol. The standard InChI is InChI=1S/C17H20N2O3S/c1-12-5-7-14(8-6-12)19-16(20)11-23-13(2)17(21)18-10-15-4-3-9-22-15/h3-9,13H,10-11H2,1-2H3,(H,18,21)(H,19,20). The largest absolute Gasteiger partial charge is 0.467 e. The Morgan fingerprint density at radius 1 is 1.22 bits per heavy atom. The van der Waals surface area contributed by atoms with E-state index in [-0.39, 0.29) is 22.8 Å². The third kappa shape index (κ3) is 5.83. The molecule has 122 valence electrons. The first-order valence-corrected chi connectivity index (χ1v) is 8.37. The first kappa shape index (κ1) is 17.1. The van der Waals surface area contributed by atoms with Crippen molar-refractivity contribution in [3.05, 3.63) is 54.0 Å². The average Bonchev–Trinajstić information content (AvgIpc) is 3.06. The molecule has 0 aliphatic heterocycles. The number of nitrogens with one attached hydrogen (secondary N) is 2. The lowest BCUT2D eigenvalue weighted by Crippen LogP contribution is -2.31. The fraction of sp³-hybridized carbons (Fsp3) is 0.294. The Labute approximate surface area is 139 Å². The highest BCUT2D eigenvalue weighted by molar-refractivity contribution is 8.01. The summed E-state index contributed by atoms with van der Waals surface area (Å²) in [4.78, 5) is 23.8. The summed E-state index contributed by atoms with van der Waals surface area (Å²) in [5, 5.41) is 5.28. The second-order valence-corrected chi connectivity index (χ2v) is 6.49. The molecule has 2 rings (SSSR count). The Hall–Kier alpha value is -2.21. The van der Waals surface area contributed by atoms with Gasteiger partial charge in [-0.1, -0.05) is 17.7 Å². The Morgan fingerprint density at radius 2 is 1.96 bits per heavy atom. The van der Waals surface area contributed by atoms with Crippen molar-refractivity contribution in [2.24, 2.45) is 0 Å². The highest BCUT2D eigenvalue weighted by atomic mass is 32.2. The van der Waals surface area contributed by atoms with Crippen molar-refractivity contribution in [2.45, 2.75) is 25.6 Å². The molecule has 5 nitrogen and oxygen atoms in total. The minimum Gasteiger partial charge on any atom is -0.467 e. The van der Waals surface area contributed by atoms with Gasteiger partial charge in [0.05, 0.1) is 23.8 Å². The van der Waals surface area contributed by atoms with Gasteiger partial charge in [-0.25, -0.2) is 0 Å². The number of thioether (sulfide) groups is 1. The van der Waals surface area contributed by atoms with Crippen LogP contribution in [0.1, 0.15) is 18.2 Å². The van der Waals surface area contributed by atoms with Gasteiger partial charge in [-0.15, -0.1) is 11.8 Å². The summed E-state index contributed by atoms with van der Waals surface area (Å²) in [6, 6.07) is 11.2. The first-order chi connectivity index (χ1) is 11.0. The Morgan fingerprint density at radius 3 is 2.61 bits per heavy atom. The number of aryl methyl sites for hydroxylation is 1. The molecule has 0 spiro atoms.